The number of nitrogens with two attached hydrogens (primary N) is 1. The Bertz CT molecular complexity index is 599. The Morgan fingerprint density at radius 1 is 1.33 bits per heavy atom. The summed E-state index contributed by atoms with van der Waals surface area (Å²) in [7, 11) is 0. The molecule has 1 aromatic heterocycles. The van der Waals surface area contributed by atoms with E-state index in [0.29, 0.717) is 15.2 Å². The molecular weight excluding hydrogens is 349 g/mol. The summed E-state index contributed by atoms with van der Waals surface area (Å²) >= 11 is 13.6. The van der Waals surface area contributed by atoms with Gasteiger partial charge in [0.1, 0.15) is 0 Å². The summed E-state index contributed by atoms with van der Waals surface area (Å²) in [4.78, 5) is 5.17. The third kappa shape index (κ3) is 5.64. The van der Waals surface area contributed by atoms with Crippen molar-refractivity contribution in [3.63, 3.8) is 0 Å². The summed E-state index contributed by atoms with van der Waals surface area (Å²) < 4.78 is 0. The van der Waals surface area contributed by atoms with Crippen molar-refractivity contribution in [1.29, 1.82) is 0 Å². The number of hydrogen-bond acceptors (Lipinski definition) is 4. The summed E-state index contributed by atoms with van der Waals surface area (Å²) in [6.45, 7) is 5.03. The van der Waals surface area contributed by atoms with E-state index in [1.54, 1.807) is 12.3 Å². The molecule has 0 bridgehead atoms. The molecule has 0 amide bonds. The number of anilines is 1. The molecule has 2 aromatic rings. The van der Waals surface area contributed by atoms with E-state index in [0.717, 1.165) is 23.4 Å². The van der Waals surface area contributed by atoms with Crippen LogP contribution in [0.5, 0.6) is 0 Å². The van der Waals surface area contributed by atoms with Crippen molar-refractivity contribution >= 4 is 52.1 Å². The fourth-order valence-electron chi connectivity index (χ4n) is 1.93. The highest BCUT2D eigenvalue weighted by atomic mass is 35.5. The van der Waals surface area contributed by atoms with Crippen LogP contribution in [-0.4, -0.2) is 10.5 Å². The monoisotopic (exact) mass is 365 g/mol. The van der Waals surface area contributed by atoms with Gasteiger partial charge in [0.25, 0.3) is 0 Å². The van der Waals surface area contributed by atoms with Crippen LogP contribution in [0, 0.1) is 0 Å². The molecule has 1 aromatic carbocycles. The molecule has 2 rings (SSSR count). The number of benzene rings is 1. The second kappa shape index (κ2) is 7.65. The van der Waals surface area contributed by atoms with Crippen molar-refractivity contribution in [3.8, 4) is 0 Å². The molecule has 116 valence electrons. The second-order valence-electron chi connectivity index (χ2n) is 5.31. The van der Waals surface area contributed by atoms with Crippen LogP contribution in [0.3, 0.4) is 0 Å². The lowest BCUT2D eigenvalue weighted by atomic mass is 9.95. The molecule has 0 atom stereocenters. The first kappa shape index (κ1) is 18.5. The van der Waals surface area contributed by atoms with Gasteiger partial charge >= 0.3 is 0 Å². The van der Waals surface area contributed by atoms with Gasteiger partial charge in [-0.15, -0.1) is 23.7 Å². The maximum atomic E-state index is 6.22. The zero-order chi connectivity index (χ0) is 14.8. The third-order valence-electron chi connectivity index (χ3n) is 2.96. The van der Waals surface area contributed by atoms with Crippen LogP contribution >= 0.6 is 46.9 Å². The molecule has 0 aliphatic heterocycles. The molecule has 0 radical (unpaired) electrons. The number of nitrogens with zero attached hydrogens (tertiary/aromatic N) is 1. The van der Waals surface area contributed by atoms with Crippen LogP contribution < -0.4 is 11.1 Å². The van der Waals surface area contributed by atoms with Gasteiger partial charge in [-0.2, -0.15) is 0 Å². The fraction of sp³-hybridized carbons (Fsp3) is 0.357. The number of nitrogen functional groups attached to an aromatic ring is 1. The lowest BCUT2D eigenvalue weighted by molar-refractivity contribution is 0.385. The van der Waals surface area contributed by atoms with Crippen LogP contribution in [0.15, 0.2) is 24.4 Å². The molecule has 0 aliphatic rings. The maximum Gasteiger partial charge on any atom is 0.180 e. The minimum Gasteiger partial charge on any atom is -0.375 e. The number of nitrogens with one attached hydrogen (secondary N) is 1. The first-order chi connectivity index (χ1) is 9.35. The Morgan fingerprint density at radius 3 is 2.62 bits per heavy atom. The smallest absolute Gasteiger partial charge is 0.180 e. The van der Waals surface area contributed by atoms with Gasteiger partial charge < -0.3 is 11.1 Å². The average Bonchev–Trinajstić information content (AvgIpc) is 2.77. The van der Waals surface area contributed by atoms with Crippen LogP contribution in [-0.2, 0) is 13.0 Å². The zero-order valence-electron chi connectivity index (χ0n) is 11.8. The van der Waals surface area contributed by atoms with Gasteiger partial charge in [0.15, 0.2) is 5.13 Å². The SMILES string of the molecule is CC(C)(Cc1ccc(Cl)cc1Cl)NCc1cnc(N)s1.Cl. The standard InChI is InChI=1S/C14H17Cl2N3S.ClH/c1-14(2,19-8-11-7-18-13(17)20-11)6-9-3-4-10(15)5-12(9)16;/h3-5,7,19H,6,8H2,1-2H3,(H2,17,18);1H. The van der Waals surface area contributed by atoms with Crippen molar-refractivity contribution < 1.29 is 0 Å². The summed E-state index contributed by atoms with van der Waals surface area (Å²) in [5.74, 6) is 0. The minimum atomic E-state index is -0.0871. The van der Waals surface area contributed by atoms with Gasteiger partial charge in [0, 0.05) is 33.2 Å². The zero-order valence-corrected chi connectivity index (χ0v) is 15.0. The van der Waals surface area contributed by atoms with Gasteiger partial charge in [-0.1, -0.05) is 29.3 Å². The van der Waals surface area contributed by atoms with Crippen LogP contribution in [0.25, 0.3) is 0 Å². The Hall–Kier alpha value is -0.520. The predicted octanol–water partition coefficient (Wildman–Crippen LogP) is 4.56. The van der Waals surface area contributed by atoms with E-state index in [-0.39, 0.29) is 17.9 Å². The van der Waals surface area contributed by atoms with E-state index in [2.05, 4.69) is 24.1 Å². The lowest BCUT2D eigenvalue weighted by Crippen LogP contribution is -2.40. The maximum absolute atomic E-state index is 6.22. The summed E-state index contributed by atoms with van der Waals surface area (Å²) in [5, 5.41) is 5.46. The topological polar surface area (TPSA) is 50.9 Å². The first-order valence-corrected chi connectivity index (χ1v) is 7.82. The summed E-state index contributed by atoms with van der Waals surface area (Å²) in [6.07, 6.45) is 2.62. The minimum absolute atomic E-state index is 0. The quantitative estimate of drug-likeness (QED) is 0.815. The Kier molecular flexibility index (Phi) is 6.75. The molecule has 0 aliphatic carbocycles. The number of thiazole rings is 1. The molecule has 0 unspecified atom stereocenters. The van der Waals surface area contributed by atoms with Crippen molar-refractivity contribution in [2.24, 2.45) is 0 Å². The molecule has 3 nitrogen and oxygen atoms in total. The van der Waals surface area contributed by atoms with Gasteiger partial charge in [-0.3, -0.25) is 0 Å². The lowest BCUT2D eigenvalue weighted by Gasteiger charge is -2.26. The van der Waals surface area contributed by atoms with Crippen molar-refractivity contribution in [3.05, 3.63) is 44.9 Å². The van der Waals surface area contributed by atoms with E-state index in [9.17, 15) is 0 Å². The molecule has 0 saturated carbocycles. The number of hydrogen-bond donors (Lipinski definition) is 2. The van der Waals surface area contributed by atoms with Crippen LogP contribution in [0.1, 0.15) is 24.3 Å². The van der Waals surface area contributed by atoms with Gasteiger partial charge in [0.05, 0.1) is 0 Å². The molecule has 0 saturated heterocycles. The van der Waals surface area contributed by atoms with Crippen molar-refractivity contribution in [2.45, 2.75) is 32.4 Å². The van der Waals surface area contributed by atoms with Crippen molar-refractivity contribution in [2.75, 3.05) is 5.73 Å². The van der Waals surface area contributed by atoms with Gasteiger partial charge in [0.2, 0.25) is 0 Å². The van der Waals surface area contributed by atoms with Crippen molar-refractivity contribution in [1.82, 2.24) is 10.3 Å². The Morgan fingerprint density at radius 2 is 2.05 bits per heavy atom. The van der Waals surface area contributed by atoms with Crippen LogP contribution in [0.2, 0.25) is 10.0 Å². The number of halogens is 3. The molecule has 0 fully saturated rings. The first-order valence-electron chi connectivity index (χ1n) is 6.25. The van der Waals surface area contributed by atoms with E-state index in [1.165, 1.54) is 11.3 Å². The van der Waals surface area contributed by atoms with Gasteiger partial charge in [-0.05, 0) is 38.0 Å². The van der Waals surface area contributed by atoms with E-state index >= 15 is 0 Å². The Balaban J connectivity index is 0.00000220. The normalized spacial score (nSPS) is 11.2. The highest BCUT2D eigenvalue weighted by Crippen LogP contribution is 2.25. The van der Waals surface area contributed by atoms with E-state index in [1.807, 2.05) is 12.1 Å². The largest absolute Gasteiger partial charge is 0.375 e. The highest BCUT2D eigenvalue weighted by molar-refractivity contribution is 7.15. The molecule has 0 spiro atoms. The fourth-order valence-corrected chi connectivity index (χ4v) is 3.03. The molecule has 3 N–H and O–H groups in total. The number of aromatic nitrogens is 1. The summed E-state index contributed by atoms with van der Waals surface area (Å²) in [6, 6.07) is 5.61. The highest BCUT2D eigenvalue weighted by Gasteiger charge is 2.19. The third-order valence-corrected chi connectivity index (χ3v) is 4.37. The summed E-state index contributed by atoms with van der Waals surface area (Å²) in [5.41, 5.74) is 6.62. The predicted molar refractivity (Wildman–Crippen MR) is 94.9 cm³/mol. The van der Waals surface area contributed by atoms with Crippen LogP contribution in [0.4, 0.5) is 5.13 Å². The number of rotatable bonds is 5. The molecular formula is C14H18Cl3N3S. The molecule has 21 heavy (non-hydrogen) atoms. The molecule has 1 heterocycles. The van der Waals surface area contributed by atoms with E-state index < -0.39 is 0 Å². The average molecular weight is 367 g/mol. The van der Waals surface area contributed by atoms with Gasteiger partial charge in [-0.25, -0.2) is 4.98 Å². The Labute approximate surface area is 145 Å². The second-order valence-corrected chi connectivity index (χ2v) is 7.31. The van der Waals surface area contributed by atoms with E-state index in [4.69, 9.17) is 28.9 Å². The molecule has 7 heteroatoms.